The molecule has 0 radical (unpaired) electrons. The third-order valence-corrected chi connectivity index (χ3v) is 3.57. The van der Waals surface area contributed by atoms with E-state index < -0.39 is 16.9 Å². The Hall–Kier alpha value is -2.19. The van der Waals surface area contributed by atoms with E-state index in [4.69, 9.17) is 11.6 Å². The standard InChI is InChI=1S/C13H15ClN4O4/c14-10-5-4-9(8-11(10)18(21)22)12(19)15-13(20)16-17-6-2-1-3-7-17/h4-5,8H,1-3,6-7H2,(H2,15,16,19,20). The molecule has 1 aromatic carbocycles. The van der Waals surface area contributed by atoms with E-state index in [0.29, 0.717) is 0 Å². The molecular formula is C13H15ClN4O4. The highest BCUT2D eigenvalue weighted by atomic mass is 35.5. The van der Waals surface area contributed by atoms with Crippen LogP contribution in [0.2, 0.25) is 5.02 Å². The summed E-state index contributed by atoms with van der Waals surface area (Å²) in [6.45, 7) is 1.46. The molecule has 2 rings (SSSR count). The number of hydrogen-bond donors (Lipinski definition) is 2. The van der Waals surface area contributed by atoms with Crippen molar-refractivity contribution >= 4 is 29.2 Å². The van der Waals surface area contributed by atoms with Crippen LogP contribution in [0.25, 0.3) is 0 Å². The van der Waals surface area contributed by atoms with Gasteiger partial charge in [-0.05, 0) is 25.0 Å². The molecule has 0 aliphatic carbocycles. The molecule has 8 nitrogen and oxygen atoms in total. The first-order valence-electron chi connectivity index (χ1n) is 6.78. The maximum atomic E-state index is 11.9. The van der Waals surface area contributed by atoms with Crippen LogP contribution in [0.4, 0.5) is 10.5 Å². The van der Waals surface area contributed by atoms with Crippen molar-refractivity contribution in [2.75, 3.05) is 13.1 Å². The van der Waals surface area contributed by atoms with Gasteiger partial charge in [0.2, 0.25) is 0 Å². The molecule has 0 aromatic heterocycles. The fraction of sp³-hybridized carbons (Fsp3) is 0.385. The molecule has 0 bridgehead atoms. The predicted octanol–water partition coefficient (Wildman–Crippen LogP) is 2.09. The predicted molar refractivity (Wildman–Crippen MR) is 79.5 cm³/mol. The summed E-state index contributed by atoms with van der Waals surface area (Å²) >= 11 is 5.67. The van der Waals surface area contributed by atoms with Gasteiger partial charge in [0.15, 0.2) is 0 Å². The second kappa shape index (κ2) is 7.19. The van der Waals surface area contributed by atoms with E-state index in [1.54, 1.807) is 5.01 Å². The van der Waals surface area contributed by atoms with Crippen LogP contribution in [0.1, 0.15) is 29.6 Å². The third kappa shape index (κ3) is 4.15. The summed E-state index contributed by atoms with van der Waals surface area (Å²) in [4.78, 5) is 33.8. The molecule has 1 heterocycles. The van der Waals surface area contributed by atoms with Crippen molar-refractivity contribution in [2.45, 2.75) is 19.3 Å². The molecule has 3 amide bonds. The Morgan fingerprint density at radius 3 is 2.55 bits per heavy atom. The van der Waals surface area contributed by atoms with Crippen LogP contribution in [0.5, 0.6) is 0 Å². The molecule has 0 saturated carbocycles. The number of nitrogens with zero attached hydrogens (tertiary/aromatic N) is 2. The van der Waals surface area contributed by atoms with Crippen molar-refractivity contribution in [3.8, 4) is 0 Å². The molecule has 118 valence electrons. The molecule has 1 aliphatic heterocycles. The van der Waals surface area contributed by atoms with Crippen molar-refractivity contribution in [3.05, 3.63) is 38.9 Å². The van der Waals surface area contributed by atoms with Crippen LogP contribution in [0.3, 0.4) is 0 Å². The van der Waals surface area contributed by atoms with Gasteiger partial charge in [-0.1, -0.05) is 18.0 Å². The summed E-state index contributed by atoms with van der Waals surface area (Å²) in [5.41, 5.74) is 2.18. The highest BCUT2D eigenvalue weighted by molar-refractivity contribution is 6.32. The zero-order chi connectivity index (χ0) is 16.1. The summed E-state index contributed by atoms with van der Waals surface area (Å²) in [7, 11) is 0. The highest BCUT2D eigenvalue weighted by Gasteiger charge is 2.19. The number of halogens is 1. The number of amides is 3. The van der Waals surface area contributed by atoms with E-state index >= 15 is 0 Å². The Kier molecular flexibility index (Phi) is 5.29. The number of benzene rings is 1. The lowest BCUT2D eigenvalue weighted by Gasteiger charge is -2.26. The molecule has 1 fully saturated rings. The first-order chi connectivity index (χ1) is 10.5. The van der Waals surface area contributed by atoms with Crippen molar-refractivity contribution in [1.82, 2.24) is 15.8 Å². The summed E-state index contributed by atoms with van der Waals surface area (Å²) in [5.74, 6) is -0.728. The van der Waals surface area contributed by atoms with Gasteiger partial charge < -0.3 is 0 Å². The number of urea groups is 1. The maximum absolute atomic E-state index is 11.9. The topological polar surface area (TPSA) is 105 Å². The molecule has 0 atom stereocenters. The average molecular weight is 327 g/mol. The number of carbonyl (C=O) groups excluding carboxylic acids is 2. The lowest BCUT2D eigenvalue weighted by molar-refractivity contribution is -0.384. The van der Waals surface area contributed by atoms with Gasteiger partial charge in [0.1, 0.15) is 5.02 Å². The number of nitrogens with one attached hydrogen (secondary N) is 2. The maximum Gasteiger partial charge on any atom is 0.336 e. The van der Waals surface area contributed by atoms with Crippen molar-refractivity contribution < 1.29 is 14.5 Å². The summed E-state index contributed by atoms with van der Waals surface area (Å²) in [6.07, 6.45) is 3.09. The van der Waals surface area contributed by atoms with Gasteiger partial charge >= 0.3 is 6.03 Å². The molecule has 1 aliphatic rings. The second-order valence-electron chi connectivity index (χ2n) is 4.87. The minimum atomic E-state index is -0.728. The number of nitro benzene ring substituents is 1. The summed E-state index contributed by atoms with van der Waals surface area (Å²) < 4.78 is 0. The second-order valence-corrected chi connectivity index (χ2v) is 5.27. The highest BCUT2D eigenvalue weighted by Crippen LogP contribution is 2.24. The number of hydrogen-bond acceptors (Lipinski definition) is 5. The minimum absolute atomic E-state index is 0.00936. The minimum Gasteiger partial charge on any atom is -0.273 e. The Labute approximate surface area is 131 Å². The molecule has 1 saturated heterocycles. The van der Waals surface area contributed by atoms with E-state index in [-0.39, 0.29) is 16.3 Å². The number of rotatable bonds is 3. The van der Waals surface area contributed by atoms with Gasteiger partial charge in [-0.25, -0.2) is 9.80 Å². The van der Waals surface area contributed by atoms with E-state index in [0.717, 1.165) is 38.4 Å². The van der Waals surface area contributed by atoms with Gasteiger partial charge in [-0.3, -0.25) is 25.7 Å². The smallest absolute Gasteiger partial charge is 0.273 e. The van der Waals surface area contributed by atoms with Gasteiger partial charge in [-0.2, -0.15) is 0 Å². The largest absolute Gasteiger partial charge is 0.336 e. The number of hydrazine groups is 1. The average Bonchev–Trinajstić information content (AvgIpc) is 2.48. The SMILES string of the molecule is O=C(NC(=O)c1ccc(Cl)c([N+](=O)[O-])c1)NN1CCCCC1. The fourth-order valence-electron chi connectivity index (χ4n) is 2.15. The Balaban J connectivity index is 1.98. The van der Waals surface area contributed by atoms with E-state index in [2.05, 4.69) is 10.7 Å². The molecular weight excluding hydrogens is 312 g/mol. The van der Waals surface area contributed by atoms with Crippen molar-refractivity contribution in [2.24, 2.45) is 0 Å². The first kappa shape index (κ1) is 16.2. The lowest BCUT2D eigenvalue weighted by atomic mass is 10.2. The van der Waals surface area contributed by atoms with Gasteiger partial charge in [0.25, 0.3) is 11.6 Å². The van der Waals surface area contributed by atoms with Crippen LogP contribution >= 0.6 is 11.6 Å². The zero-order valence-corrected chi connectivity index (χ0v) is 12.4. The monoisotopic (exact) mass is 326 g/mol. The van der Waals surface area contributed by atoms with Crippen LogP contribution in [-0.2, 0) is 0 Å². The normalized spacial score (nSPS) is 15.1. The quantitative estimate of drug-likeness (QED) is 0.653. The van der Waals surface area contributed by atoms with Crippen LogP contribution in [-0.4, -0.2) is 35.0 Å². The first-order valence-corrected chi connectivity index (χ1v) is 7.16. The van der Waals surface area contributed by atoms with E-state index in [1.165, 1.54) is 12.1 Å². The van der Waals surface area contributed by atoms with Crippen LogP contribution in [0, 0.1) is 10.1 Å². The summed E-state index contributed by atoms with van der Waals surface area (Å²) in [5, 5.41) is 14.6. The Morgan fingerprint density at radius 2 is 1.91 bits per heavy atom. The number of carbonyl (C=O) groups is 2. The van der Waals surface area contributed by atoms with Gasteiger partial charge in [-0.15, -0.1) is 0 Å². The molecule has 0 unspecified atom stereocenters. The van der Waals surface area contributed by atoms with E-state index in [1.807, 2.05) is 0 Å². The molecule has 22 heavy (non-hydrogen) atoms. The fourth-order valence-corrected chi connectivity index (χ4v) is 2.33. The number of imide groups is 1. The number of piperidine rings is 1. The molecule has 1 aromatic rings. The molecule has 0 spiro atoms. The third-order valence-electron chi connectivity index (χ3n) is 3.25. The van der Waals surface area contributed by atoms with Crippen LogP contribution in [0.15, 0.2) is 18.2 Å². The lowest BCUT2D eigenvalue weighted by Crippen LogP contribution is -2.50. The Morgan fingerprint density at radius 1 is 1.23 bits per heavy atom. The zero-order valence-electron chi connectivity index (χ0n) is 11.7. The van der Waals surface area contributed by atoms with Gasteiger partial charge in [0.05, 0.1) is 4.92 Å². The number of nitro groups is 1. The summed E-state index contributed by atoms with van der Waals surface area (Å²) in [6, 6.07) is 2.94. The molecule has 2 N–H and O–H groups in total. The van der Waals surface area contributed by atoms with Crippen LogP contribution < -0.4 is 10.7 Å². The van der Waals surface area contributed by atoms with Crippen molar-refractivity contribution in [3.63, 3.8) is 0 Å². The van der Waals surface area contributed by atoms with Gasteiger partial charge in [0, 0.05) is 24.7 Å². The molecule has 9 heteroatoms. The van der Waals surface area contributed by atoms with E-state index in [9.17, 15) is 19.7 Å². The van der Waals surface area contributed by atoms with Crippen molar-refractivity contribution in [1.29, 1.82) is 0 Å². The Bertz CT molecular complexity index is 602.